The molecule has 8 aromatic carbocycles. The SMILES string of the molecule is c1ccc(-c2nc(-c3ccccc3)nc(-c3cc4c5ccccc5c5ccccc5c4cc3-c3ccc4ccccc4c3)n2)cc1. The summed E-state index contributed by atoms with van der Waals surface area (Å²) in [5, 5.41) is 9.72. The van der Waals surface area contributed by atoms with Gasteiger partial charge in [-0.3, -0.25) is 0 Å². The monoisotopic (exact) mass is 585 g/mol. The summed E-state index contributed by atoms with van der Waals surface area (Å²) in [6, 6.07) is 57.6. The molecule has 0 spiro atoms. The number of fused-ring (bicyclic) bond motifs is 7. The Kier molecular flexibility index (Phi) is 6.14. The third-order valence-corrected chi connectivity index (χ3v) is 8.88. The van der Waals surface area contributed by atoms with E-state index in [0.29, 0.717) is 17.5 Å². The van der Waals surface area contributed by atoms with Crippen molar-refractivity contribution in [2.75, 3.05) is 0 Å². The van der Waals surface area contributed by atoms with E-state index in [2.05, 4.69) is 127 Å². The molecule has 0 aliphatic carbocycles. The molecule has 9 aromatic rings. The molecule has 46 heavy (non-hydrogen) atoms. The smallest absolute Gasteiger partial charge is 0.164 e. The Bertz CT molecular complexity index is 2520. The standard InChI is InChI=1S/C43H27N3/c1-3-14-29(15-4-1)41-44-42(30-16-5-2-6-17-30)46-43(45-41)40-27-39-36-22-12-10-20-34(36)33-19-9-11-21-35(33)38(39)26-37(40)32-24-23-28-13-7-8-18-31(28)25-32/h1-27H. The molecule has 0 N–H and O–H groups in total. The largest absolute Gasteiger partial charge is 0.208 e. The van der Waals surface area contributed by atoms with Crippen LogP contribution in [0.1, 0.15) is 0 Å². The third kappa shape index (κ3) is 4.41. The van der Waals surface area contributed by atoms with Crippen molar-refractivity contribution in [3.8, 4) is 45.3 Å². The van der Waals surface area contributed by atoms with Gasteiger partial charge in [-0.25, -0.2) is 15.0 Å². The molecule has 0 atom stereocenters. The summed E-state index contributed by atoms with van der Waals surface area (Å²) < 4.78 is 0. The molecule has 0 radical (unpaired) electrons. The predicted octanol–water partition coefficient (Wildman–Crippen LogP) is 11.2. The second-order valence-corrected chi connectivity index (χ2v) is 11.6. The summed E-state index contributed by atoms with van der Waals surface area (Å²) >= 11 is 0. The molecule has 0 saturated heterocycles. The van der Waals surface area contributed by atoms with Crippen molar-refractivity contribution >= 4 is 43.1 Å². The molecule has 1 aromatic heterocycles. The van der Waals surface area contributed by atoms with Crippen LogP contribution < -0.4 is 0 Å². The number of rotatable bonds is 4. The molecule has 0 bridgehead atoms. The van der Waals surface area contributed by atoms with Gasteiger partial charge >= 0.3 is 0 Å². The van der Waals surface area contributed by atoms with Gasteiger partial charge in [0.1, 0.15) is 0 Å². The van der Waals surface area contributed by atoms with E-state index in [1.165, 1.54) is 43.1 Å². The zero-order chi connectivity index (χ0) is 30.5. The van der Waals surface area contributed by atoms with Crippen LogP contribution >= 0.6 is 0 Å². The highest BCUT2D eigenvalue weighted by atomic mass is 15.0. The van der Waals surface area contributed by atoms with Crippen LogP contribution in [0.2, 0.25) is 0 Å². The highest BCUT2D eigenvalue weighted by Gasteiger charge is 2.19. The van der Waals surface area contributed by atoms with Gasteiger partial charge in [0.15, 0.2) is 17.5 Å². The normalized spacial score (nSPS) is 11.5. The average molecular weight is 586 g/mol. The maximum absolute atomic E-state index is 5.17. The first-order valence-electron chi connectivity index (χ1n) is 15.5. The topological polar surface area (TPSA) is 38.7 Å². The van der Waals surface area contributed by atoms with E-state index in [-0.39, 0.29) is 0 Å². The van der Waals surface area contributed by atoms with Gasteiger partial charge in [0.25, 0.3) is 0 Å². The fourth-order valence-electron chi connectivity index (χ4n) is 6.66. The minimum atomic E-state index is 0.648. The summed E-state index contributed by atoms with van der Waals surface area (Å²) in [6.45, 7) is 0. The Balaban J connectivity index is 1.41. The molecule has 3 heteroatoms. The van der Waals surface area contributed by atoms with Crippen molar-refractivity contribution in [1.29, 1.82) is 0 Å². The maximum atomic E-state index is 5.17. The molecule has 0 aliphatic heterocycles. The van der Waals surface area contributed by atoms with Gasteiger partial charge in [0.2, 0.25) is 0 Å². The lowest BCUT2D eigenvalue weighted by atomic mass is 9.88. The van der Waals surface area contributed by atoms with Crippen LogP contribution in [0.5, 0.6) is 0 Å². The summed E-state index contributed by atoms with van der Waals surface area (Å²) in [6.07, 6.45) is 0. The van der Waals surface area contributed by atoms with Crippen molar-refractivity contribution in [3.05, 3.63) is 164 Å². The third-order valence-electron chi connectivity index (χ3n) is 8.88. The van der Waals surface area contributed by atoms with Crippen molar-refractivity contribution in [3.63, 3.8) is 0 Å². The first-order chi connectivity index (χ1) is 22.8. The molecular weight excluding hydrogens is 558 g/mol. The summed E-state index contributed by atoms with van der Waals surface area (Å²) in [5.41, 5.74) is 5.08. The maximum Gasteiger partial charge on any atom is 0.164 e. The van der Waals surface area contributed by atoms with Crippen LogP contribution in [0.15, 0.2) is 164 Å². The number of hydrogen-bond donors (Lipinski definition) is 0. The van der Waals surface area contributed by atoms with E-state index in [9.17, 15) is 0 Å². The van der Waals surface area contributed by atoms with E-state index >= 15 is 0 Å². The van der Waals surface area contributed by atoms with Gasteiger partial charge in [-0.2, -0.15) is 0 Å². The molecular formula is C43H27N3. The molecule has 9 rings (SSSR count). The molecule has 0 saturated carbocycles. The Morgan fingerprint density at radius 1 is 0.261 bits per heavy atom. The zero-order valence-electron chi connectivity index (χ0n) is 24.9. The van der Waals surface area contributed by atoms with Gasteiger partial charge in [-0.05, 0) is 72.4 Å². The van der Waals surface area contributed by atoms with Crippen LogP contribution in [0, 0.1) is 0 Å². The summed E-state index contributed by atoms with van der Waals surface area (Å²) in [4.78, 5) is 15.3. The fourth-order valence-corrected chi connectivity index (χ4v) is 6.66. The zero-order valence-corrected chi connectivity index (χ0v) is 24.9. The van der Waals surface area contributed by atoms with Crippen LogP contribution in [-0.4, -0.2) is 15.0 Å². The quantitative estimate of drug-likeness (QED) is 0.193. The summed E-state index contributed by atoms with van der Waals surface area (Å²) in [7, 11) is 0. The minimum absolute atomic E-state index is 0.648. The Morgan fingerprint density at radius 3 is 1.26 bits per heavy atom. The minimum Gasteiger partial charge on any atom is -0.208 e. The van der Waals surface area contributed by atoms with Crippen molar-refractivity contribution in [2.24, 2.45) is 0 Å². The number of aromatic nitrogens is 3. The Morgan fingerprint density at radius 2 is 0.696 bits per heavy atom. The Labute approximate surface area is 266 Å². The first kappa shape index (κ1) is 26.2. The molecule has 0 fully saturated rings. The van der Waals surface area contributed by atoms with Gasteiger partial charge in [-0.15, -0.1) is 0 Å². The average Bonchev–Trinajstić information content (AvgIpc) is 3.15. The van der Waals surface area contributed by atoms with Crippen LogP contribution in [-0.2, 0) is 0 Å². The predicted molar refractivity (Wildman–Crippen MR) is 192 cm³/mol. The lowest BCUT2D eigenvalue weighted by Gasteiger charge is -2.17. The highest BCUT2D eigenvalue weighted by molar-refractivity contribution is 6.26. The van der Waals surface area contributed by atoms with E-state index in [1.807, 2.05) is 36.4 Å². The fraction of sp³-hybridized carbons (Fsp3) is 0. The summed E-state index contributed by atoms with van der Waals surface area (Å²) in [5.74, 6) is 1.95. The van der Waals surface area contributed by atoms with Gasteiger partial charge in [0, 0.05) is 16.7 Å². The van der Waals surface area contributed by atoms with Crippen LogP contribution in [0.3, 0.4) is 0 Å². The molecule has 0 amide bonds. The molecule has 0 unspecified atom stereocenters. The van der Waals surface area contributed by atoms with E-state index in [0.717, 1.165) is 27.8 Å². The molecule has 214 valence electrons. The second-order valence-electron chi connectivity index (χ2n) is 11.6. The van der Waals surface area contributed by atoms with Crippen molar-refractivity contribution < 1.29 is 0 Å². The second kappa shape index (κ2) is 10.8. The van der Waals surface area contributed by atoms with E-state index in [4.69, 9.17) is 15.0 Å². The lowest BCUT2D eigenvalue weighted by molar-refractivity contribution is 1.07. The lowest BCUT2D eigenvalue weighted by Crippen LogP contribution is -2.01. The molecule has 1 heterocycles. The number of hydrogen-bond acceptors (Lipinski definition) is 3. The van der Waals surface area contributed by atoms with E-state index in [1.54, 1.807) is 0 Å². The van der Waals surface area contributed by atoms with Crippen LogP contribution in [0.4, 0.5) is 0 Å². The molecule has 0 aliphatic rings. The first-order valence-corrected chi connectivity index (χ1v) is 15.5. The van der Waals surface area contributed by atoms with Gasteiger partial charge in [0.05, 0.1) is 0 Å². The van der Waals surface area contributed by atoms with E-state index < -0.39 is 0 Å². The van der Waals surface area contributed by atoms with Crippen LogP contribution in [0.25, 0.3) is 88.4 Å². The van der Waals surface area contributed by atoms with Gasteiger partial charge < -0.3 is 0 Å². The van der Waals surface area contributed by atoms with Crippen molar-refractivity contribution in [1.82, 2.24) is 15.0 Å². The highest BCUT2D eigenvalue weighted by Crippen LogP contribution is 2.42. The number of benzene rings is 8. The van der Waals surface area contributed by atoms with Gasteiger partial charge in [-0.1, -0.05) is 146 Å². The molecule has 3 nitrogen and oxygen atoms in total. The number of nitrogens with zero attached hydrogens (tertiary/aromatic N) is 3. The van der Waals surface area contributed by atoms with Crippen molar-refractivity contribution in [2.45, 2.75) is 0 Å². The Hall–Kier alpha value is -6.19.